The Bertz CT molecular complexity index is 957. The summed E-state index contributed by atoms with van der Waals surface area (Å²) in [6.07, 6.45) is -2.98. The molecule has 0 spiro atoms. The minimum absolute atomic E-state index is 0.0498. The van der Waals surface area contributed by atoms with E-state index >= 15 is 0 Å². The van der Waals surface area contributed by atoms with Crippen LogP contribution in [0.2, 0.25) is 0 Å². The number of hydrogen-bond acceptors (Lipinski definition) is 5. The highest BCUT2D eigenvalue weighted by Gasteiger charge is 2.36. The summed E-state index contributed by atoms with van der Waals surface area (Å²) in [5.74, 6) is -0.334. The number of halogens is 3. The number of phenols is 1. The van der Waals surface area contributed by atoms with E-state index in [-0.39, 0.29) is 26.4 Å². The number of carbonyl (C=O) groups is 1. The highest BCUT2D eigenvalue weighted by atomic mass is 32.2. The number of methoxy groups -OCH3 is 1. The third-order valence-electron chi connectivity index (χ3n) is 3.73. The Morgan fingerprint density at radius 1 is 1.22 bits per heavy atom. The second-order valence-corrected chi connectivity index (χ2v) is 7.17. The molecule has 0 aromatic heterocycles. The number of alkyl halides is 3. The summed E-state index contributed by atoms with van der Waals surface area (Å²) in [5.41, 5.74) is -0.227. The van der Waals surface area contributed by atoms with Gasteiger partial charge in [-0.3, -0.25) is 9.69 Å². The van der Waals surface area contributed by atoms with Gasteiger partial charge in [-0.05, 0) is 42.0 Å². The number of thiocarbonyl (C=S) groups is 1. The molecule has 1 amide bonds. The van der Waals surface area contributed by atoms with Gasteiger partial charge in [0.25, 0.3) is 5.91 Å². The fourth-order valence-corrected chi connectivity index (χ4v) is 3.75. The van der Waals surface area contributed by atoms with Gasteiger partial charge in [0, 0.05) is 0 Å². The zero-order valence-corrected chi connectivity index (χ0v) is 15.4. The molecule has 0 atom stereocenters. The minimum Gasteiger partial charge on any atom is -0.504 e. The molecule has 3 rings (SSSR count). The van der Waals surface area contributed by atoms with Crippen molar-refractivity contribution >= 4 is 46.0 Å². The van der Waals surface area contributed by atoms with Crippen LogP contribution < -0.4 is 9.64 Å². The smallest absolute Gasteiger partial charge is 0.416 e. The van der Waals surface area contributed by atoms with Gasteiger partial charge < -0.3 is 9.84 Å². The first-order chi connectivity index (χ1) is 12.7. The molecule has 1 fully saturated rings. The van der Waals surface area contributed by atoms with Crippen LogP contribution in [0.4, 0.5) is 18.9 Å². The molecule has 9 heteroatoms. The SMILES string of the molecule is COc1cc(C=C2SC(=S)N(c3cccc(C(F)(F)F)c3)C2=O)ccc1O. The van der Waals surface area contributed by atoms with E-state index in [1.54, 1.807) is 6.07 Å². The molecular formula is C18H12F3NO3S2. The van der Waals surface area contributed by atoms with Crippen LogP contribution in [0.15, 0.2) is 47.4 Å². The lowest BCUT2D eigenvalue weighted by atomic mass is 10.1. The van der Waals surface area contributed by atoms with E-state index in [0.717, 1.165) is 28.8 Å². The van der Waals surface area contributed by atoms with E-state index in [1.165, 1.54) is 37.5 Å². The molecule has 0 bridgehead atoms. The second-order valence-electron chi connectivity index (χ2n) is 5.50. The van der Waals surface area contributed by atoms with Gasteiger partial charge in [0.1, 0.15) is 0 Å². The average molecular weight is 411 g/mol. The molecule has 2 aromatic carbocycles. The first-order valence-electron chi connectivity index (χ1n) is 7.53. The predicted octanol–water partition coefficient (Wildman–Crippen LogP) is 4.83. The van der Waals surface area contributed by atoms with Gasteiger partial charge in [-0.25, -0.2) is 0 Å². The largest absolute Gasteiger partial charge is 0.504 e. The number of benzene rings is 2. The van der Waals surface area contributed by atoms with Crippen molar-refractivity contribution in [2.24, 2.45) is 0 Å². The maximum absolute atomic E-state index is 12.9. The summed E-state index contributed by atoms with van der Waals surface area (Å²) in [4.78, 5) is 14.0. The van der Waals surface area contributed by atoms with Gasteiger partial charge in [0.05, 0.1) is 23.3 Å². The maximum atomic E-state index is 12.9. The Balaban J connectivity index is 1.94. The van der Waals surface area contributed by atoms with Crippen molar-refractivity contribution in [3.63, 3.8) is 0 Å². The lowest BCUT2D eigenvalue weighted by Crippen LogP contribution is -2.27. The molecule has 1 N–H and O–H groups in total. The van der Waals surface area contributed by atoms with Crippen LogP contribution in [0, 0.1) is 0 Å². The van der Waals surface area contributed by atoms with Crippen LogP contribution in [0.1, 0.15) is 11.1 Å². The zero-order chi connectivity index (χ0) is 19.8. The molecule has 0 saturated carbocycles. The summed E-state index contributed by atoms with van der Waals surface area (Å²) < 4.78 is 44.0. The van der Waals surface area contributed by atoms with Crippen molar-refractivity contribution in [3.8, 4) is 11.5 Å². The Morgan fingerprint density at radius 3 is 2.63 bits per heavy atom. The van der Waals surface area contributed by atoms with Crippen molar-refractivity contribution in [3.05, 3.63) is 58.5 Å². The average Bonchev–Trinajstić information content (AvgIpc) is 2.89. The number of anilines is 1. The normalized spacial score (nSPS) is 16.3. The summed E-state index contributed by atoms with van der Waals surface area (Å²) in [5, 5.41) is 9.63. The second kappa shape index (κ2) is 7.24. The molecule has 1 saturated heterocycles. The van der Waals surface area contributed by atoms with Gasteiger partial charge in [0.15, 0.2) is 15.8 Å². The highest BCUT2D eigenvalue weighted by molar-refractivity contribution is 8.27. The third kappa shape index (κ3) is 3.93. The van der Waals surface area contributed by atoms with Gasteiger partial charge in [-0.15, -0.1) is 0 Å². The van der Waals surface area contributed by atoms with Crippen LogP contribution in [0.25, 0.3) is 6.08 Å². The van der Waals surface area contributed by atoms with E-state index in [9.17, 15) is 23.1 Å². The zero-order valence-electron chi connectivity index (χ0n) is 13.8. The number of nitrogens with zero attached hydrogens (tertiary/aromatic N) is 1. The van der Waals surface area contributed by atoms with Gasteiger partial charge in [0.2, 0.25) is 0 Å². The van der Waals surface area contributed by atoms with Gasteiger partial charge in [-0.2, -0.15) is 13.2 Å². The number of hydrogen-bond donors (Lipinski definition) is 1. The summed E-state index contributed by atoms with van der Waals surface area (Å²) >= 11 is 6.17. The van der Waals surface area contributed by atoms with Crippen molar-refractivity contribution in [2.75, 3.05) is 12.0 Å². The summed E-state index contributed by atoms with van der Waals surface area (Å²) in [7, 11) is 1.39. The molecule has 27 heavy (non-hydrogen) atoms. The summed E-state index contributed by atoms with van der Waals surface area (Å²) in [6.45, 7) is 0. The Morgan fingerprint density at radius 2 is 1.96 bits per heavy atom. The van der Waals surface area contributed by atoms with E-state index in [2.05, 4.69) is 0 Å². The number of thioether (sulfide) groups is 1. The fourth-order valence-electron chi connectivity index (χ4n) is 2.45. The van der Waals surface area contributed by atoms with Crippen molar-refractivity contribution in [2.45, 2.75) is 6.18 Å². The van der Waals surface area contributed by atoms with Crippen molar-refractivity contribution in [1.82, 2.24) is 0 Å². The topological polar surface area (TPSA) is 49.8 Å². The molecule has 0 radical (unpaired) electrons. The van der Waals surface area contributed by atoms with E-state index < -0.39 is 17.6 Å². The third-order valence-corrected chi connectivity index (χ3v) is 5.03. The lowest BCUT2D eigenvalue weighted by Gasteiger charge is -2.16. The van der Waals surface area contributed by atoms with E-state index in [4.69, 9.17) is 17.0 Å². The maximum Gasteiger partial charge on any atom is 0.416 e. The molecule has 0 aliphatic carbocycles. The molecule has 4 nitrogen and oxygen atoms in total. The standard InChI is InChI=1S/C18H12F3NO3S2/c1-25-14-7-10(5-6-13(14)23)8-15-16(24)22(17(26)27-15)12-4-2-3-11(9-12)18(19,20)21/h2-9,23H,1H3. The lowest BCUT2D eigenvalue weighted by molar-refractivity contribution is -0.137. The number of carbonyl (C=O) groups excluding carboxylic acids is 1. The number of amides is 1. The van der Waals surface area contributed by atoms with Crippen molar-refractivity contribution < 1.29 is 27.8 Å². The monoisotopic (exact) mass is 411 g/mol. The molecule has 140 valence electrons. The predicted molar refractivity (Wildman–Crippen MR) is 102 cm³/mol. The van der Waals surface area contributed by atoms with Crippen LogP contribution >= 0.6 is 24.0 Å². The van der Waals surface area contributed by atoms with Crippen LogP contribution in [-0.2, 0) is 11.0 Å². The number of rotatable bonds is 3. The number of ether oxygens (including phenoxy) is 1. The summed E-state index contributed by atoms with van der Waals surface area (Å²) in [6, 6.07) is 8.97. The minimum atomic E-state index is -4.52. The molecule has 2 aromatic rings. The molecule has 1 aliphatic rings. The van der Waals surface area contributed by atoms with Gasteiger partial charge in [-0.1, -0.05) is 36.1 Å². The molecular weight excluding hydrogens is 399 g/mol. The molecule has 1 aliphatic heterocycles. The quantitative estimate of drug-likeness (QED) is 0.579. The molecule has 0 unspecified atom stereocenters. The van der Waals surface area contributed by atoms with Gasteiger partial charge >= 0.3 is 6.18 Å². The van der Waals surface area contributed by atoms with Crippen LogP contribution in [0.5, 0.6) is 11.5 Å². The van der Waals surface area contributed by atoms with Crippen molar-refractivity contribution in [1.29, 1.82) is 0 Å². The van der Waals surface area contributed by atoms with Crippen LogP contribution in [-0.4, -0.2) is 22.4 Å². The van der Waals surface area contributed by atoms with Crippen LogP contribution in [0.3, 0.4) is 0 Å². The Hall–Kier alpha value is -2.52. The number of phenolic OH excluding ortho intramolecular Hbond substituents is 1. The molecule has 1 heterocycles. The Kier molecular flexibility index (Phi) is 5.16. The van der Waals surface area contributed by atoms with E-state index in [0.29, 0.717) is 5.56 Å². The first kappa shape index (κ1) is 19.2. The highest BCUT2D eigenvalue weighted by Crippen LogP contribution is 2.39. The fraction of sp³-hybridized carbons (Fsp3) is 0.111. The Labute approximate surface area is 162 Å². The first-order valence-corrected chi connectivity index (χ1v) is 8.75. The van der Waals surface area contributed by atoms with E-state index in [1.807, 2.05) is 0 Å². The number of aromatic hydroxyl groups is 1.